The second kappa shape index (κ2) is 7.95. The van der Waals surface area contributed by atoms with Crippen LogP contribution in [0.1, 0.15) is 5.56 Å². The molecule has 1 aliphatic heterocycles. The van der Waals surface area contributed by atoms with Gasteiger partial charge in [0.2, 0.25) is 5.91 Å². The highest BCUT2D eigenvalue weighted by atomic mass is 32.2. The second-order valence-corrected chi connectivity index (χ2v) is 8.40. The minimum Gasteiger partial charge on any atom is -0.495 e. The van der Waals surface area contributed by atoms with Gasteiger partial charge in [0.25, 0.3) is 10.0 Å². The fraction of sp³-hybridized carbons (Fsp3) is 0.111. The van der Waals surface area contributed by atoms with Crippen LogP contribution in [0.2, 0.25) is 0 Å². The number of fused-ring (bicyclic) bond motifs is 1. The fourth-order valence-electron chi connectivity index (χ4n) is 2.53. The molecule has 1 heterocycles. The number of ether oxygens (including phenoxy) is 1. The molecule has 1 amide bonds. The number of hydrogen-bond donors (Lipinski definition) is 3. The van der Waals surface area contributed by atoms with Crippen LogP contribution in [0.4, 0.5) is 11.4 Å². The number of hydrogen-bond acceptors (Lipinski definition) is 6. The standard InChI is InChI=1S/C18H16N2O6S2/c1-26-14-5-2-11(3-7-18(22)23)8-16(14)28(24,25)20-12-4-6-15-13(9-12)19-17(21)10-27-15/h2-9,20H,10H2,1H3,(H,19,21)(H,22,23). The van der Waals surface area contributed by atoms with Crippen molar-refractivity contribution in [3.05, 3.63) is 48.0 Å². The molecule has 3 N–H and O–H groups in total. The molecule has 0 radical (unpaired) electrons. The molecule has 8 nitrogen and oxygen atoms in total. The smallest absolute Gasteiger partial charge is 0.328 e. The monoisotopic (exact) mass is 420 g/mol. The van der Waals surface area contributed by atoms with Gasteiger partial charge in [0, 0.05) is 11.0 Å². The maximum Gasteiger partial charge on any atom is 0.328 e. The normalized spacial score (nSPS) is 13.7. The number of nitrogens with one attached hydrogen (secondary N) is 2. The zero-order valence-corrected chi connectivity index (χ0v) is 16.3. The number of methoxy groups -OCH3 is 1. The van der Waals surface area contributed by atoms with E-state index in [0.29, 0.717) is 17.0 Å². The molecule has 146 valence electrons. The number of aliphatic carboxylic acids is 1. The number of rotatable bonds is 6. The van der Waals surface area contributed by atoms with E-state index < -0.39 is 16.0 Å². The number of carboxylic acids is 1. The molecule has 2 aromatic rings. The molecule has 0 saturated heterocycles. The highest BCUT2D eigenvalue weighted by Gasteiger charge is 2.22. The predicted molar refractivity (Wildman–Crippen MR) is 106 cm³/mol. The Morgan fingerprint density at radius 3 is 2.79 bits per heavy atom. The topological polar surface area (TPSA) is 122 Å². The average Bonchev–Trinajstić information content (AvgIpc) is 2.65. The predicted octanol–water partition coefficient (Wildman–Crippen LogP) is 2.64. The number of benzene rings is 2. The van der Waals surface area contributed by atoms with Crippen molar-refractivity contribution in [2.45, 2.75) is 9.79 Å². The first-order chi connectivity index (χ1) is 13.3. The Labute approximate surface area is 165 Å². The van der Waals surface area contributed by atoms with Gasteiger partial charge in [-0.05, 0) is 42.0 Å². The molecule has 3 rings (SSSR count). The van der Waals surface area contributed by atoms with Crippen LogP contribution in [0.25, 0.3) is 6.08 Å². The van der Waals surface area contributed by atoms with Crippen LogP contribution in [0.15, 0.2) is 52.3 Å². The third-order valence-electron chi connectivity index (χ3n) is 3.76. The lowest BCUT2D eigenvalue weighted by Gasteiger charge is -2.18. The van der Waals surface area contributed by atoms with Gasteiger partial charge in [-0.1, -0.05) is 6.07 Å². The van der Waals surface area contributed by atoms with Crippen molar-refractivity contribution in [2.75, 3.05) is 22.9 Å². The van der Waals surface area contributed by atoms with E-state index in [1.54, 1.807) is 18.2 Å². The van der Waals surface area contributed by atoms with Gasteiger partial charge in [-0.15, -0.1) is 11.8 Å². The lowest BCUT2D eigenvalue weighted by molar-refractivity contribution is -0.131. The van der Waals surface area contributed by atoms with Crippen LogP contribution < -0.4 is 14.8 Å². The van der Waals surface area contributed by atoms with Crippen molar-refractivity contribution in [1.82, 2.24) is 0 Å². The summed E-state index contributed by atoms with van der Waals surface area (Å²) < 4.78 is 33.4. The maximum atomic E-state index is 12.9. The Bertz CT molecular complexity index is 1080. The first-order valence-electron chi connectivity index (χ1n) is 7.97. The zero-order chi connectivity index (χ0) is 20.3. The van der Waals surface area contributed by atoms with Gasteiger partial charge in [0.15, 0.2) is 0 Å². The van der Waals surface area contributed by atoms with Crippen molar-refractivity contribution < 1.29 is 27.9 Å². The number of carbonyl (C=O) groups excluding carboxylic acids is 1. The molecular formula is C18H16N2O6S2. The molecule has 0 fully saturated rings. The second-order valence-electron chi connectivity index (χ2n) is 5.74. The summed E-state index contributed by atoms with van der Waals surface area (Å²) in [6.07, 6.45) is 2.20. The summed E-state index contributed by atoms with van der Waals surface area (Å²) in [7, 11) is -2.69. The summed E-state index contributed by atoms with van der Waals surface area (Å²) in [5, 5.41) is 11.4. The SMILES string of the molecule is COc1ccc(C=CC(=O)O)cc1S(=O)(=O)Nc1ccc2c(c1)NC(=O)CS2. The lowest BCUT2D eigenvalue weighted by Crippen LogP contribution is -2.19. The van der Waals surface area contributed by atoms with Crippen LogP contribution in [-0.4, -0.2) is 38.3 Å². The van der Waals surface area contributed by atoms with Crippen LogP contribution in [-0.2, 0) is 19.6 Å². The summed E-state index contributed by atoms with van der Waals surface area (Å²) in [4.78, 5) is 22.9. The van der Waals surface area contributed by atoms with E-state index in [1.165, 1.54) is 43.1 Å². The number of sulfonamides is 1. The van der Waals surface area contributed by atoms with E-state index in [2.05, 4.69) is 10.0 Å². The van der Waals surface area contributed by atoms with Gasteiger partial charge in [-0.3, -0.25) is 9.52 Å². The number of anilines is 2. The molecule has 2 aromatic carbocycles. The van der Waals surface area contributed by atoms with Gasteiger partial charge in [0.05, 0.1) is 24.2 Å². The first-order valence-corrected chi connectivity index (χ1v) is 10.4. The van der Waals surface area contributed by atoms with Gasteiger partial charge < -0.3 is 15.2 Å². The maximum absolute atomic E-state index is 12.9. The Balaban J connectivity index is 1.94. The third kappa shape index (κ3) is 4.46. The van der Waals surface area contributed by atoms with Gasteiger partial charge >= 0.3 is 5.97 Å². The number of amides is 1. The molecule has 28 heavy (non-hydrogen) atoms. The fourth-order valence-corrected chi connectivity index (χ4v) is 4.57. The van der Waals surface area contributed by atoms with E-state index in [4.69, 9.17) is 9.84 Å². The Hall–Kier alpha value is -2.98. The largest absolute Gasteiger partial charge is 0.495 e. The van der Waals surface area contributed by atoms with Crippen LogP contribution >= 0.6 is 11.8 Å². The van der Waals surface area contributed by atoms with Gasteiger partial charge in [-0.25, -0.2) is 13.2 Å². The van der Waals surface area contributed by atoms with Crippen LogP contribution in [0.3, 0.4) is 0 Å². The minimum absolute atomic E-state index is 0.113. The summed E-state index contributed by atoms with van der Waals surface area (Å²) in [5.74, 6) is -0.877. The first kappa shape index (κ1) is 19.8. The molecule has 10 heteroatoms. The highest BCUT2D eigenvalue weighted by molar-refractivity contribution is 8.00. The van der Waals surface area contributed by atoms with Gasteiger partial charge in [0.1, 0.15) is 10.6 Å². The molecule has 0 unspecified atom stereocenters. The minimum atomic E-state index is -4.03. The van der Waals surface area contributed by atoms with E-state index in [0.717, 1.165) is 11.0 Å². The van der Waals surface area contributed by atoms with Crippen molar-refractivity contribution in [3.63, 3.8) is 0 Å². The molecule has 1 aliphatic rings. The molecular weight excluding hydrogens is 404 g/mol. The van der Waals surface area contributed by atoms with E-state index in [9.17, 15) is 18.0 Å². The molecule has 0 aliphatic carbocycles. The summed E-state index contributed by atoms with van der Waals surface area (Å²) in [6.45, 7) is 0. The van der Waals surface area contributed by atoms with Gasteiger partial charge in [-0.2, -0.15) is 0 Å². The summed E-state index contributed by atoms with van der Waals surface area (Å²) in [5.41, 5.74) is 1.19. The van der Waals surface area contributed by atoms with Crippen molar-refractivity contribution in [2.24, 2.45) is 0 Å². The Morgan fingerprint density at radius 2 is 2.07 bits per heavy atom. The quantitative estimate of drug-likeness (QED) is 0.614. The van der Waals surface area contributed by atoms with Crippen LogP contribution in [0, 0.1) is 0 Å². The number of carbonyl (C=O) groups is 2. The summed E-state index contributed by atoms with van der Waals surface area (Å²) in [6, 6.07) is 9.17. The Morgan fingerprint density at radius 1 is 1.29 bits per heavy atom. The molecule has 0 atom stereocenters. The molecule has 0 aromatic heterocycles. The summed E-state index contributed by atoms with van der Waals surface area (Å²) >= 11 is 1.37. The van der Waals surface area contributed by atoms with Crippen molar-refractivity contribution in [3.8, 4) is 5.75 Å². The van der Waals surface area contributed by atoms with Crippen molar-refractivity contribution >= 4 is 51.1 Å². The molecule has 0 bridgehead atoms. The van der Waals surface area contributed by atoms with E-state index >= 15 is 0 Å². The van der Waals surface area contributed by atoms with Crippen molar-refractivity contribution in [1.29, 1.82) is 0 Å². The van der Waals surface area contributed by atoms with E-state index in [1.807, 2.05) is 0 Å². The Kier molecular flexibility index (Phi) is 5.61. The zero-order valence-electron chi connectivity index (χ0n) is 14.6. The van der Waals surface area contributed by atoms with Crippen LogP contribution in [0.5, 0.6) is 5.75 Å². The average molecular weight is 420 g/mol. The third-order valence-corrected chi connectivity index (χ3v) is 6.24. The number of carboxylic acid groups (broad SMARTS) is 1. The molecule has 0 spiro atoms. The lowest BCUT2D eigenvalue weighted by atomic mass is 10.2. The molecule has 0 saturated carbocycles. The highest BCUT2D eigenvalue weighted by Crippen LogP contribution is 2.34. The number of thioether (sulfide) groups is 1. The van der Waals surface area contributed by atoms with E-state index in [-0.39, 0.29) is 22.2 Å².